The molecule has 0 aliphatic heterocycles. The Morgan fingerprint density at radius 1 is 1.36 bits per heavy atom. The first-order valence-electron chi connectivity index (χ1n) is 3.75. The minimum absolute atomic E-state index is 1.02. The van der Waals surface area contributed by atoms with Gasteiger partial charge in [-0.05, 0) is 11.6 Å². The molecule has 0 bridgehead atoms. The van der Waals surface area contributed by atoms with Gasteiger partial charge in [-0.15, -0.1) is 6.58 Å². The quantitative estimate of drug-likeness (QED) is 0.665. The van der Waals surface area contributed by atoms with Crippen LogP contribution >= 0.6 is 0 Å². The Hall–Kier alpha value is -0.863. The van der Waals surface area contributed by atoms with Gasteiger partial charge in [-0.2, -0.15) is 0 Å². The zero-order valence-electron chi connectivity index (χ0n) is 6.53. The lowest BCUT2D eigenvalue weighted by molar-refractivity contribution is 1.35. The lowest BCUT2D eigenvalue weighted by Gasteiger charge is -2.02. The van der Waals surface area contributed by atoms with Crippen molar-refractivity contribution in [1.82, 2.24) is 0 Å². The molecule has 11 heavy (non-hydrogen) atoms. The summed E-state index contributed by atoms with van der Waals surface area (Å²) in [5.41, 5.74) is 3.24. The van der Waals surface area contributed by atoms with Gasteiger partial charge >= 0.3 is 0 Å². The average molecular weight is 163 g/mol. The van der Waals surface area contributed by atoms with E-state index in [1.165, 1.54) is 5.56 Å². The van der Waals surface area contributed by atoms with Gasteiger partial charge in [0, 0.05) is 0 Å². The van der Waals surface area contributed by atoms with Crippen molar-refractivity contribution in [1.29, 1.82) is 0 Å². The summed E-state index contributed by atoms with van der Waals surface area (Å²) in [6, 6.07) is 11.3. The molecule has 0 aliphatic rings. The van der Waals surface area contributed by atoms with E-state index in [9.17, 15) is 0 Å². The van der Waals surface area contributed by atoms with E-state index in [0.29, 0.717) is 0 Å². The van der Waals surface area contributed by atoms with Crippen molar-refractivity contribution in [3.8, 4) is 0 Å². The average Bonchev–Trinajstić information content (AvgIpc) is 2.06. The van der Waals surface area contributed by atoms with E-state index in [0.717, 1.165) is 6.04 Å². The molecule has 0 fully saturated rings. The number of rotatable bonds is 3. The fourth-order valence-corrected chi connectivity index (χ4v) is 1.95. The fraction of sp³-hybridized carbons (Fsp3) is 0.111. The summed E-state index contributed by atoms with van der Waals surface area (Å²) in [5.74, 6) is 0. The molecule has 0 aromatic heterocycles. The summed E-state index contributed by atoms with van der Waals surface area (Å²) >= 11 is 0. The van der Waals surface area contributed by atoms with Crippen LogP contribution in [0, 0.1) is 0 Å². The van der Waals surface area contributed by atoms with E-state index in [2.05, 4.69) is 18.7 Å². The Morgan fingerprint density at radius 3 is 2.55 bits per heavy atom. The van der Waals surface area contributed by atoms with Crippen LogP contribution < -0.4 is 5.40 Å². The number of nitrogens with two attached hydrogens (primary N) is 1. The van der Waals surface area contributed by atoms with Gasteiger partial charge in [-0.25, -0.2) is 0 Å². The van der Waals surface area contributed by atoms with Gasteiger partial charge in [0.2, 0.25) is 0 Å². The lowest BCUT2D eigenvalue weighted by atomic mass is 10.2. The second-order valence-electron chi connectivity index (χ2n) is 2.59. The van der Waals surface area contributed by atoms with Crippen LogP contribution in [-0.2, 0) is 6.04 Å². The van der Waals surface area contributed by atoms with Gasteiger partial charge < -0.3 is 5.40 Å². The van der Waals surface area contributed by atoms with E-state index in [1.807, 2.05) is 23.9 Å². The topological polar surface area (TPSA) is 26.0 Å². The molecule has 58 valence electrons. The van der Waals surface area contributed by atoms with Gasteiger partial charge in [0.05, 0.1) is 0 Å². The van der Waals surface area contributed by atoms with Crippen molar-refractivity contribution in [2.75, 3.05) is 0 Å². The van der Waals surface area contributed by atoms with Crippen molar-refractivity contribution in [2.45, 2.75) is 6.04 Å². The second kappa shape index (κ2) is 4.11. The summed E-state index contributed by atoms with van der Waals surface area (Å²) in [6.07, 6.45) is 0. The van der Waals surface area contributed by atoms with Gasteiger partial charge in [0.1, 0.15) is 8.96 Å². The molecule has 2 heteroatoms. The van der Waals surface area contributed by atoms with Gasteiger partial charge in [0.15, 0.2) is 0 Å². The summed E-state index contributed by atoms with van der Waals surface area (Å²) in [7, 11) is -1.14. The smallest absolute Gasteiger partial charge is 0.134 e. The standard InChI is InChI=1S/C9H13NSi/c1-2-11(10)8-9-6-4-3-5-7-9/h2-7,11H,1,8,10H2. The first kappa shape index (κ1) is 8.24. The van der Waals surface area contributed by atoms with Crippen LogP contribution in [0.3, 0.4) is 0 Å². The summed E-state index contributed by atoms with van der Waals surface area (Å²) in [4.78, 5) is 0. The van der Waals surface area contributed by atoms with Crippen molar-refractivity contribution in [3.05, 3.63) is 48.2 Å². The highest BCUT2D eigenvalue weighted by Gasteiger charge is 1.99. The van der Waals surface area contributed by atoms with Crippen LogP contribution in [0.2, 0.25) is 0 Å². The molecule has 1 rings (SSSR count). The van der Waals surface area contributed by atoms with Crippen LogP contribution in [0.5, 0.6) is 0 Å². The molecular formula is C9H13NSi. The van der Waals surface area contributed by atoms with Gasteiger partial charge in [-0.3, -0.25) is 0 Å². The van der Waals surface area contributed by atoms with Crippen LogP contribution in [0.15, 0.2) is 42.6 Å². The Kier molecular flexibility index (Phi) is 3.07. The maximum absolute atomic E-state index is 5.83. The Labute approximate surface area is 69.2 Å². The highest BCUT2D eigenvalue weighted by molar-refractivity contribution is 6.60. The molecule has 0 radical (unpaired) electrons. The minimum atomic E-state index is -1.14. The highest BCUT2D eigenvalue weighted by Crippen LogP contribution is 1.99. The van der Waals surface area contributed by atoms with Crippen LogP contribution in [-0.4, -0.2) is 8.96 Å². The largest absolute Gasteiger partial charge is 0.350 e. The van der Waals surface area contributed by atoms with Crippen molar-refractivity contribution < 1.29 is 0 Å². The molecule has 1 aromatic rings. The van der Waals surface area contributed by atoms with Crippen LogP contribution in [0.1, 0.15) is 5.56 Å². The SMILES string of the molecule is C=C[SiH](N)Cc1ccccc1. The number of hydrogen-bond donors (Lipinski definition) is 1. The molecule has 0 amide bonds. The minimum Gasteiger partial charge on any atom is -0.350 e. The molecule has 0 aliphatic carbocycles. The third-order valence-electron chi connectivity index (χ3n) is 1.62. The Morgan fingerprint density at radius 2 is 2.00 bits per heavy atom. The van der Waals surface area contributed by atoms with Crippen molar-refractivity contribution in [2.24, 2.45) is 5.40 Å². The molecule has 1 aromatic carbocycles. The lowest BCUT2D eigenvalue weighted by Crippen LogP contribution is -2.26. The number of benzene rings is 1. The Balaban J connectivity index is 2.57. The predicted octanol–water partition coefficient (Wildman–Crippen LogP) is 1.18. The molecule has 0 spiro atoms. The fourth-order valence-electron chi connectivity index (χ4n) is 0.970. The van der Waals surface area contributed by atoms with E-state index < -0.39 is 8.96 Å². The highest BCUT2D eigenvalue weighted by atomic mass is 28.3. The summed E-state index contributed by atoms with van der Waals surface area (Å²) in [6.45, 7) is 3.69. The normalized spacial score (nSPS) is 12.5. The third kappa shape index (κ3) is 2.70. The molecule has 0 saturated carbocycles. The summed E-state index contributed by atoms with van der Waals surface area (Å²) in [5, 5.41) is 5.83. The van der Waals surface area contributed by atoms with Crippen molar-refractivity contribution in [3.63, 3.8) is 0 Å². The molecule has 1 unspecified atom stereocenters. The Bertz CT molecular complexity index is 220. The second-order valence-corrected chi connectivity index (χ2v) is 4.80. The zero-order valence-corrected chi connectivity index (χ0v) is 7.69. The molecule has 0 heterocycles. The third-order valence-corrected chi connectivity index (χ3v) is 3.17. The van der Waals surface area contributed by atoms with Crippen LogP contribution in [0.4, 0.5) is 0 Å². The van der Waals surface area contributed by atoms with Gasteiger partial charge in [0.25, 0.3) is 0 Å². The first-order valence-corrected chi connectivity index (χ1v) is 5.90. The maximum Gasteiger partial charge on any atom is 0.134 e. The van der Waals surface area contributed by atoms with E-state index in [1.54, 1.807) is 0 Å². The predicted molar refractivity (Wildman–Crippen MR) is 51.7 cm³/mol. The van der Waals surface area contributed by atoms with Gasteiger partial charge in [-0.1, -0.05) is 36.0 Å². The molecule has 2 N–H and O–H groups in total. The van der Waals surface area contributed by atoms with E-state index in [4.69, 9.17) is 5.40 Å². The number of hydrogen-bond acceptors (Lipinski definition) is 1. The van der Waals surface area contributed by atoms with E-state index >= 15 is 0 Å². The maximum atomic E-state index is 5.83. The monoisotopic (exact) mass is 163 g/mol. The first-order chi connectivity index (χ1) is 5.33. The molecule has 0 saturated heterocycles. The zero-order chi connectivity index (χ0) is 8.10. The molecule has 1 atom stereocenters. The molecule has 1 nitrogen and oxygen atoms in total. The van der Waals surface area contributed by atoms with Crippen molar-refractivity contribution >= 4 is 8.96 Å². The molecular weight excluding hydrogens is 150 g/mol. The van der Waals surface area contributed by atoms with E-state index in [-0.39, 0.29) is 0 Å². The summed E-state index contributed by atoms with van der Waals surface area (Å²) < 4.78 is 0. The van der Waals surface area contributed by atoms with Crippen LogP contribution in [0.25, 0.3) is 0 Å².